The number of aliphatic carboxylic acids is 1. The van der Waals surface area contributed by atoms with E-state index in [0.717, 1.165) is 30.1 Å². The van der Waals surface area contributed by atoms with Crippen molar-refractivity contribution < 1.29 is 14.7 Å². The minimum Gasteiger partial charge on any atom is -0.480 e. The van der Waals surface area contributed by atoms with E-state index in [4.69, 9.17) is 5.11 Å². The lowest BCUT2D eigenvalue weighted by atomic mass is 9.98. The van der Waals surface area contributed by atoms with Crippen LogP contribution in [0.5, 0.6) is 0 Å². The molecule has 0 aliphatic carbocycles. The molecule has 1 aliphatic rings. The summed E-state index contributed by atoms with van der Waals surface area (Å²) in [6, 6.07) is -0.733. The summed E-state index contributed by atoms with van der Waals surface area (Å²) < 4.78 is 0. The van der Waals surface area contributed by atoms with E-state index in [1.165, 1.54) is 0 Å². The smallest absolute Gasteiger partial charge is 0.326 e. The van der Waals surface area contributed by atoms with E-state index in [1.807, 2.05) is 18.0 Å². The van der Waals surface area contributed by atoms with Crippen molar-refractivity contribution in [3.63, 3.8) is 0 Å². The van der Waals surface area contributed by atoms with Crippen LogP contribution in [0, 0.1) is 5.92 Å². The molecule has 0 spiro atoms. The fourth-order valence-corrected chi connectivity index (χ4v) is 3.63. The number of carbonyl (C=O) groups excluding carboxylic acids is 1. The fourth-order valence-electron chi connectivity index (χ4n) is 1.96. The first-order chi connectivity index (χ1) is 8.63. The number of thioether (sulfide) groups is 2. The lowest BCUT2D eigenvalue weighted by Crippen LogP contribution is -2.41. The zero-order valence-corrected chi connectivity index (χ0v) is 12.3. The van der Waals surface area contributed by atoms with E-state index < -0.39 is 12.0 Å². The van der Waals surface area contributed by atoms with Gasteiger partial charge in [0.05, 0.1) is 0 Å². The average molecular weight is 291 g/mol. The van der Waals surface area contributed by atoms with E-state index in [9.17, 15) is 9.59 Å². The largest absolute Gasteiger partial charge is 0.480 e. The third-order valence-corrected chi connectivity index (χ3v) is 4.75. The molecule has 0 aromatic rings. The van der Waals surface area contributed by atoms with Crippen LogP contribution in [0.3, 0.4) is 0 Å². The Labute approximate surface area is 117 Å². The molecule has 1 fully saturated rings. The Kier molecular flexibility index (Phi) is 7.58. The third kappa shape index (κ3) is 6.00. The minimum absolute atomic E-state index is 0.111. The van der Waals surface area contributed by atoms with Crippen LogP contribution in [0.1, 0.15) is 25.7 Å². The van der Waals surface area contributed by atoms with Crippen LogP contribution >= 0.6 is 23.5 Å². The molecule has 1 heterocycles. The van der Waals surface area contributed by atoms with Crippen molar-refractivity contribution in [3.8, 4) is 0 Å². The van der Waals surface area contributed by atoms with Gasteiger partial charge in [0.1, 0.15) is 6.04 Å². The Balaban J connectivity index is 2.32. The van der Waals surface area contributed by atoms with Gasteiger partial charge in [0.15, 0.2) is 0 Å². The van der Waals surface area contributed by atoms with Gasteiger partial charge in [0.2, 0.25) is 5.91 Å². The lowest BCUT2D eigenvalue weighted by Gasteiger charge is -2.22. The lowest BCUT2D eigenvalue weighted by molar-refractivity contribution is -0.142. The van der Waals surface area contributed by atoms with E-state index in [2.05, 4.69) is 5.32 Å². The molecular weight excluding hydrogens is 270 g/mol. The van der Waals surface area contributed by atoms with E-state index in [1.54, 1.807) is 11.8 Å². The molecule has 1 rings (SSSR count). The monoisotopic (exact) mass is 291 g/mol. The van der Waals surface area contributed by atoms with Gasteiger partial charge in [-0.1, -0.05) is 0 Å². The van der Waals surface area contributed by atoms with Gasteiger partial charge in [-0.2, -0.15) is 23.5 Å². The van der Waals surface area contributed by atoms with E-state index in [0.29, 0.717) is 18.8 Å². The van der Waals surface area contributed by atoms with Crippen LogP contribution in [0.15, 0.2) is 0 Å². The predicted octanol–water partition coefficient (Wildman–Crippen LogP) is 1.84. The highest BCUT2D eigenvalue weighted by Crippen LogP contribution is 2.25. The summed E-state index contributed by atoms with van der Waals surface area (Å²) in [6.07, 6.45) is 5.04. The summed E-state index contributed by atoms with van der Waals surface area (Å²) in [5.41, 5.74) is 0. The van der Waals surface area contributed by atoms with Crippen LogP contribution < -0.4 is 5.32 Å². The number of amides is 1. The summed E-state index contributed by atoms with van der Waals surface area (Å²) >= 11 is 3.52. The van der Waals surface area contributed by atoms with Gasteiger partial charge in [-0.15, -0.1) is 0 Å². The molecule has 0 saturated carbocycles. The van der Waals surface area contributed by atoms with Crippen molar-refractivity contribution in [2.24, 2.45) is 5.92 Å². The molecule has 18 heavy (non-hydrogen) atoms. The second kappa shape index (κ2) is 8.69. The molecule has 1 atom stereocenters. The second-order valence-corrected chi connectivity index (χ2v) is 6.71. The summed E-state index contributed by atoms with van der Waals surface area (Å²) in [5, 5.41) is 11.7. The fraction of sp³-hybridized carbons (Fsp3) is 0.833. The number of nitrogens with one attached hydrogen (secondary N) is 1. The minimum atomic E-state index is -0.934. The van der Waals surface area contributed by atoms with Crippen molar-refractivity contribution in [2.45, 2.75) is 31.7 Å². The van der Waals surface area contributed by atoms with Gasteiger partial charge in [-0.05, 0) is 48.7 Å². The van der Waals surface area contributed by atoms with Crippen molar-refractivity contribution >= 4 is 35.4 Å². The molecule has 1 amide bonds. The zero-order valence-electron chi connectivity index (χ0n) is 10.7. The topological polar surface area (TPSA) is 66.4 Å². The van der Waals surface area contributed by atoms with Gasteiger partial charge in [0.25, 0.3) is 0 Å². The molecule has 1 aliphatic heterocycles. The van der Waals surface area contributed by atoms with Gasteiger partial charge in [0, 0.05) is 6.42 Å². The summed E-state index contributed by atoms with van der Waals surface area (Å²) in [5.74, 6) is 2.37. The first-order valence-corrected chi connectivity index (χ1v) is 8.77. The highest BCUT2D eigenvalue weighted by molar-refractivity contribution is 7.99. The molecule has 0 bridgehead atoms. The van der Waals surface area contributed by atoms with Crippen LogP contribution in [-0.4, -0.2) is 46.5 Å². The van der Waals surface area contributed by atoms with Gasteiger partial charge in [-0.3, -0.25) is 4.79 Å². The van der Waals surface area contributed by atoms with Crippen LogP contribution in [0.4, 0.5) is 0 Å². The Morgan fingerprint density at radius 3 is 2.67 bits per heavy atom. The van der Waals surface area contributed by atoms with Gasteiger partial charge in [-0.25, -0.2) is 4.79 Å². The highest BCUT2D eigenvalue weighted by Gasteiger charge is 2.22. The Hall–Kier alpha value is -0.360. The number of carboxylic acid groups (broad SMARTS) is 1. The van der Waals surface area contributed by atoms with Crippen LogP contribution in [0.2, 0.25) is 0 Å². The van der Waals surface area contributed by atoms with Crippen molar-refractivity contribution in [1.29, 1.82) is 0 Å². The maximum absolute atomic E-state index is 11.8. The SMILES string of the molecule is CSCC[C@@H](NC(=O)CC1CCSCC1)C(=O)O. The highest BCUT2D eigenvalue weighted by atomic mass is 32.2. The molecule has 0 aromatic heterocycles. The number of carboxylic acids is 1. The van der Waals surface area contributed by atoms with E-state index >= 15 is 0 Å². The Morgan fingerprint density at radius 2 is 2.11 bits per heavy atom. The Morgan fingerprint density at radius 1 is 1.44 bits per heavy atom. The summed E-state index contributed by atoms with van der Waals surface area (Å²) in [7, 11) is 0. The summed E-state index contributed by atoms with van der Waals surface area (Å²) in [6.45, 7) is 0. The van der Waals surface area contributed by atoms with Crippen LogP contribution in [-0.2, 0) is 9.59 Å². The van der Waals surface area contributed by atoms with Crippen molar-refractivity contribution in [2.75, 3.05) is 23.5 Å². The number of hydrogen-bond donors (Lipinski definition) is 2. The molecule has 0 unspecified atom stereocenters. The molecule has 6 heteroatoms. The van der Waals surface area contributed by atoms with Gasteiger partial charge < -0.3 is 10.4 Å². The molecule has 0 aromatic carbocycles. The normalized spacial score (nSPS) is 18.3. The van der Waals surface area contributed by atoms with E-state index in [-0.39, 0.29) is 5.91 Å². The quantitative estimate of drug-likeness (QED) is 0.749. The van der Waals surface area contributed by atoms with Gasteiger partial charge >= 0.3 is 5.97 Å². The molecule has 104 valence electrons. The zero-order chi connectivity index (χ0) is 13.4. The average Bonchev–Trinajstić information content (AvgIpc) is 2.35. The molecular formula is C12H21NO3S2. The van der Waals surface area contributed by atoms with Crippen molar-refractivity contribution in [3.05, 3.63) is 0 Å². The predicted molar refractivity (Wildman–Crippen MR) is 77.2 cm³/mol. The third-order valence-electron chi connectivity index (χ3n) is 3.06. The number of rotatable bonds is 7. The standard InChI is InChI=1S/C12H21NO3S2/c1-17-5-4-10(12(15)16)13-11(14)8-9-2-6-18-7-3-9/h9-10H,2-8H2,1H3,(H,13,14)(H,15,16)/t10-/m1/s1. The molecule has 2 N–H and O–H groups in total. The van der Waals surface area contributed by atoms with Crippen LogP contribution in [0.25, 0.3) is 0 Å². The summed E-state index contributed by atoms with van der Waals surface area (Å²) in [4.78, 5) is 22.8. The second-order valence-electron chi connectivity index (χ2n) is 4.50. The number of hydrogen-bond acceptors (Lipinski definition) is 4. The maximum atomic E-state index is 11.8. The Bertz CT molecular complexity index is 280. The molecule has 0 radical (unpaired) electrons. The first-order valence-electron chi connectivity index (χ1n) is 6.22. The first kappa shape index (κ1) is 15.7. The van der Waals surface area contributed by atoms with Crippen molar-refractivity contribution in [1.82, 2.24) is 5.32 Å². The molecule has 4 nitrogen and oxygen atoms in total. The maximum Gasteiger partial charge on any atom is 0.326 e. The number of carbonyl (C=O) groups is 2. The molecule has 1 saturated heterocycles.